The van der Waals surface area contributed by atoms with E-state index in [0.29, 0.717) is 23.6 Å². The highest BCUT2D eigenvalue weighted by atomic mass is 16.5. The number of hydrogen-bond acceptors (Lipinski definition) is 4. The number of para-hydroxylation sites is 4. The molecular formula is C24H21N5O2. The van der Waals surface area contributed by atoms with Gasteiger partial charge < -0.3 is 20.0 Å². The molecule has 5 rings (SSSR count). The van der Waals surface area contributed by atoms with E-state index in [4.69, 9.17) is 9.72 Å². The van der Waals surface area contributed by atoms with Crippen molar-refractivity contribution in [3.8, 4) is 5.75 Å². The van der Waals surface area contributed by atoms with Crippen molar-refractivity contribution < 1.29 is 9.53 Å². The lowest BCUT2D eigenvalue weighted by Crippen LogP contribution is -2.31. The van der Waals surface area contributed by atoms with Crippen molar-refractivity contribution >= 4 is 28.0 Å². The van der Waals surface area contributed by atoms with Crippen LogP contribution in [0, 0.1) is 0 Å². The van der Waals surface area contributed by atoms with E-state index in [0.717, 1.165) is 27.9 Å². The summed E-state index contributed by atoms with van der Waals surface area (Å²) in [5.74, 6) is 1.88. The number of aromatic amines is 2. The minimum Gasteiger partial charge on any atom is -0.497 e. The molecule has 1 amide bonds. The van der Waals surface area contributed by atoms with Gasteiger partial charge in [-0.3, -0.25) is 4.79 Å². The Hall–Kier alpha value is -4.13. The fraction of sp³-hybridized carbons (Fsp3) is 0.125. The highest BCUT2D eigenvalue weighted by Gasteiger charge is 2.22. The smallest absolute Gasteiger partial charge is 0.252 e. The molecular weight excluding hydrogens is 390 g/mol. The van der Waals surface area contributed by atoms with E-state index >= 15 is 0 Å². The molecule has 5 aromatic rings. The van der Waals surface area contributed by atoms with Gasteiger partial charge in [0, 0.05) is 12.0 Å². The second-order valence-electron chi connectivity index (χ2n) is 7.30. The zero-order chi connectivity index (χ0) is 21.2. The number of carbonyl (C=O) groups is 1. The number of aromatic nitrogens is 4. The number of amides is 1. The number of H-pyrrole nitrogens is 2. The summed E-state index contributed by atoms with van der Waals surface area (Å²) < 4.78 is 5.25. The number of hydrogen-bond donors (Lipinski definition) is 3. The summed E-state index contributed by atoms with van der Waals surface area (Å²) in [4.78, 5) is 29.1. The third-order valence-corrected chi connectivity index (χ3v) is 5.21. The van der Waals surface area contributed by atoms with E-state index in [2.05, 4.69) is 20.3 Å². The molecule has 0 radical (unpaired) electrons. The lowest BCUT2D eigenvalue weighted by Gasteiger charge is -2.16. The maximum atomic E-state index is 13.0. The maximum absolute atomic E-state index is 13.0. The number of imidazole rings is 2. The quantitative estimate of drug-likeness (QED) is 0.391. The largest absolute Gasteiger partial charge is 0.497 e. The summed E-state index contributed by atoms with van der Waals surface area (Å²) in [5.41, 5.74) is 4.13. The van der Waals surface area contributed by atoms with Gasteiger partial charge >= 0.3 is 0 Å². The van der Waals surface area contributed by atoms with Gasteiger partial charge in [-0.1, -0.05) is 30.3 Å². The Kier molecular flexibility index (Phi) is 4.84. The van der Waals surface area contributed by atoms with Gasteiger partial charge in [-0.25, -0.2) is 9.97 Å². The number of nitrogens with one attached hydrogen (secondary N) is 3. The van der Waals surface area contributed by atoms with E-state index in [1.807, 2.05) is 54.6 Å². The average Bonchev–Trinajstić information content (AvgIpc) is 3.42. The van der Waals surface area contributed by atoms with Crippen LogP contribution < -0.4 is 10.1 Å². The van der Waals surface area contributed by atoms with Crippen molar-refractivity contribution in [1.82, 2.24) is 25.3 Å². The van der Waals surface area contributed by atoms with Crippen LogP contribution in [0.1, 0.15) is 28.0 Å². The minimum absolute atomic E-state index is 0.208. The number of benzene rings is 3. The van der Waals surface area contributed by atoms with Gasteiger partial charge in [0.2, 0.25) is 0 Å². The summed E-state index contributed by atoms with van der Waals surface area (Å²) in [6.07, 6.45) is 0.463. The molecule has 0 saturated carbocycles. The fourth-order valence-corrected chi connectivity index (χ4v) is 3.66. The van der Waals surface area contributed by atoms with Crippen LogP contribution in [-0.4, -0.2) is 33.0 Å². The van der Waals surface area contributed by atoms with Crippen LogP contribution in [0.25, 0.3) is 22.1 Å². The average molecular weight is 411 g/mol. The normalized spacial score (nSPS) is 12.2. The van der Waals surface area contributed by atoms with Gasteiger partial charge in [-0.05, 0) is 42.5 Å². The number of carbonyl (C=O) groups excluding carboxylic acids is 1. The molecule has 7 heteroatoms. The minimum atomic E-state index is -0.397. The second-order valence-corrected chi connectivity index (χ2v) is 7.30. The topological polar surface area (TPSA) is 95.7 Å². The number of nitrogens with zero attached hydrogens (tertiary/aromatic N) is 2. The summed E-state index contributed by atoms with van der Waals surface area (Å²) in [7, 11) is 1.58. The molecule has 0 saturated heterocycles. The van der Waals surface area contributed by atoms with Crippen molar-refractivity contribution in [1.29, 1.82) is 0 Å². The predicted molar refractivity (Wildman–Crippen MR) is 119 cm³/mol. The Balaban J connectivity index is 1.49. The van der Waals surface area contributed by atoms with Gasteiger partial charge in [0.05, 0.1) is 35.2 Å². The van der Waals surface area contributed by atoms with Crippen LogP contribution in [0.2, 0.25) is 0 Å². The van der Waals surface area contributed by atoms with Crippen LogP contribution in [0.5, 0.6) is 5.75 Å². The molecule has 2 aromatic heterocycles. The van der Waals surface area contributed by atoms with E-state index < -0.39 is 6.04 Å². The van der Waals surface area contributed by atoms with Crippen LogP contribution in [0.3, 0.4) is 0 Å². The zero-order valence-electron chi connectivity index (χ0n) is 16.9. The molecule has 31 heavy (non-hydrogen) atoms. The van der Waals surface area contributed by atoms with Gasteiger partial charge in [0.1, 0.15) is 17.4 Å². The predicted octanol–water partition coefficient (Wildman–Crippen LogP) is 4.16. The van der Waals surface area contributed by atoms with Crippen molar-refractivity contribution in [2.24, 2.45) is 0 Å². The lowest BCUT2D eigenvalue weighted by molar-refractivity contribution is 0.0934. The fourth-order valence-electron chi connectivity index (χ4n) is 3.66. The Morgan fingerprint density at radius 1 is 0.935 bits per heavy atom. The molecule has 0 fully saturated rings. The highest BCUT2D eigenvalue weighted by Crippen LogP contribution is 2.22. The molecule has 0 aliphatic carbocycles. The Labute approximate surface area is 178 Å². The maximum Gasteiger partial charge on any atom is 0.252 e. The molecule has 3 N–H and O–H groups in total. The standard InChI is InChI=1S/C24H21N5O2/c1-31-16-8-6-7-15(13-16)24(30)29-21(23-27-19-11-4-5-12-20(19)28-23)14-22-25-17-9-2-3-10-18(17)26-22/h2-13,21H,14H2,1H3,(H,25,26)(H,27,28)(H,29,30). The van der Waals surface area contributed by atoms with Gasteiger partial charge in [0.15, 0.2) is 0 Å². The number of ether oxygens (including phenoxy) is 1. The summed E-state index contributed by atoms with van der Waals surface area (Å²) >= 11 is 0. The number of fused-ring (bicyclic) bond motifs is 2. The molecule has 0 aliphatic rings. The Morgan fingerprint density at radius 3 is 2.35 bits per heavy atom. The molecule has 1 unspecified atom stereocenters. The first-order valence-corrected chi connectivity index (χ1v) is 10.0. The van der Waals surface area contributed by atoms with Gasteiger partial charge in [0.25, 0.3) is 5.91 Å². The van der Waals surface area contributed by atoms with Crippen LogP contribution >= 0.6 is 0 Å². The molecule has 0 aliphatic heterocycles. The summed E-state index contributed by atoms with van der Waals surface area (Å²) in [6, 6.07) is 22.3. The first-order valence-electron chi connectivity index (χ1n) is 10.0. The van der Waals surface area contributed by atoms with Crippen LogP contribution in [-0.2, 0) is 6.42 Å². The first kappa shape index (κ1) is 18.9. The van der Waals surface area contributed by atoms with Crippen LogP contribution in [0.15, 0.2) is 72.8 Å². The third kappa shape index (κ3) is 3.85. The SMILES string of the molecule is COc1cccc(C(=O)NC(Cc2nc3ccccc3[nH]2)c2nc3ccccc3[nH]2)c1. The molecule has 2 heterocycles. The highest BCUT2D eigenvalue weighted by molar-refractivity contribution is 5.94. The van der Waals surface area contributed by atoms with E-state index in [1.54, 1.807) is 25.3 Å². The van der Waals surface area contributed by atoms with Crippen LogP contribution in [0.4, 0.5) is 0 Å². The van der Waals surface area contributed by atoms with Crippen molar-refractivity contribution in [2.75, 3.05) is 7.11 Å². The second kappa shape index (κ2) is 7.95. The monoisotopic (exact) mass is 411 g/mol. The van der Waals surface area contributed by atoms with Gasteiger partial charge in [-0.2, -0.15) is 0 Å². The lowest BCUT2D eigenvalue weighted by atomic mass is 10.1. The van der Waals surface area contributed by atoms with E-state index in [-0.39, 0.29) is 5.91 Å². The Morgan fingerprint density at radius 2 is 1.65 bits per heavy atom. The zero-order valence-corrected chi connectivity index (χ0v) is 16.9. The molecule has 0 spiro atoms. The molecule has 1 atom stereocenters. The van der Waals surface area contributed by atoms with Gasteiger partial charge in [-0.15, -0.1) is 0 Å². The van der Waals surface area contributed by atoms with Crippen molar-refractivity contribution in [3.63, 3.8) is 0 Å². The first-order chi connectivity index (χ1) is 15.2. The molecule has 7 nitrogen and oxygen atoms in total. The molecule has 154 valence electrons. The number of rotatable bonds is 6. The summed E-state index contributed by atoms with van der Waals surface area (Å²) in [6.45, 7) is 0. The molecule has 0 bridgehead atoms. The van der Waals surface area contributed by atoms with E-state index in [1.165, 1.54) is 0 Å². The Bertz CT molecular complexity index is 1300. The van der Waals surface area contributed by atoms with Crippen molar-refractivity contribution in [2.45, 2.75) is 12.5 Å². The third-order valence-electron chi connectivity index (χ3n) is 5.21. The molecule has 3 aromatic carbocycles. The number of methoxy groups -OCH3 is 1. The van der Waals surface area contributed by atoms with E-state index in [9.17, 15) is 4.79 Å². The van der Waals surface area contributed by atoms with Crippen molar-refractivity contribution in [3.05, 3.63) is 90.0 Å². The summed E-state index contributed by atoms with van der Waals surface area (Å²) in [5, 5.41) is 3.11.